The van der Waals surface area contributed by atoms with E-state index < -0.39 is 0 Å². The zero-order valence-electron chi connectivity index (χ0n) is 17.3. The lowest BCUT2D eigenvalue weighted by molar-refractivity contribution is 0.102. The summed E-state index contributed by atoms with van der Waals surface area (Å²) in [7, 11) is 0. The van der Waals surface area contributed by atoms with Crippen LogP contribution in [0.2, 0.25) is 0 Å². The summed E-state index contributed by atoms with van der Waals surface area (Å²) < 4.78 is 1.86. The maximum atomic E-state index is 12.4. The fourth-order valence-corrected chi connectivity index (χ4v) is 3.81. The highest BCUT2D eigenvalue weighted by molar-refractivity contribution is 6.03. The second-order valence-corrected chi connectivity index (χ2v) is 7.54. The number of anilines is 3. The van der Waals surface area contributed by atoms with Crippen molar-refractivity contribution >= 4 is 44.9 Å². The van der Waals surface area contributed by atoms with Crippen molar-refractivity contribution in [2.24, 2.45) is 0 Å². The van der Waals surface area contributed by atoms with Crippen LogP contribution in [0.25, 0.3) is 27.5 Å². The first-order chi connectivity index (χ1) is 16.2. The van der Waals surface area contributed by atoms with E-state index in [0.717, 1.165) is 39.0 Å². The zero-order valence-corrected chi connectivity index (χ0v) is 17.3. The molecule has 0 unspecified atom stereocenters. The molecule has 9 nitrogen and oxygen atoms in total. The summed E-state index contributed by atoms with van der Waals surface area (Å²) in [5.41, 5.74) is 4.72. The molecule has 3 aromatic heterocycles. The molecule has 0 saturated heterocycles. The molecule has 160 valence electrons. The molecule has 0 aliphatic rings. The second-order valence-electron chi connectivity index (χ2n) is 7.54. The average Bonchev–Trinajstić information content (AvgIpc) is 3.60. The van der Waals surface area contributed by atoms with E-state index in [1.807, 2.05) is 71.4 Å². The molecule has 0 aliphatic carbocycles. The molecule has 0 spiro atoms. The SMILES string of the molecule is O=C(Nc1cccc(-n2nc(Nc3ccc4[nH]ncc4c3)c3ccccc32)c1)c1cnc[nH]1. The maximum Gasteiger partial charge on any atom is 0.273 e. The number of amides is 1. The van der Waals surface area contributed by atoms with E-state index in [1.165, 1.54) is 12.5 Å². The summed E-state index contributed by atoms with van der Waals surface area (Å²) in [6.07, 6.45) is 4.75. The van der Waals surface area contributed by atoms with Crippen molar-refractivity contribution in [1.82, 2.24) is 29.9 Å². The van der Waals surface area contributed by atoms with Gasteiger partial charge in [0, 0.05) is 22.1 Å². The van der Waals surface area contributed by atoms with Crippen molar-refractivity contribution in [3.8, 4) is 5.69 Å². The van der Waals surface area contributed by atoms with Gasteiger partial charge in [-0.15, -0.1) is 5.10 Å². The number of hydrogen-bond donors (Lipinski definition) is 4. The van der Waals surface area contributed by atoms with Gasteiger partial charge in [-0.2, -0.15) is 5.10 Å². The molecule has 1 amide bonds. The van der Waals surface area contributed by atoms with Gasteiger partial charge in [0.15, 0.2) is 5.82 Å². The summed E-state index contributed by atoms with van der Waals surface area (Å²) in [6.45, 7) is 0. The Morgan fingerprint density at radius 2 is 1.88 bits per heavy atom. The first-order valence-electron chi connectivity index (χ1n) is 10.3. The molecule has 6 aromatic rings. The Bertz CT molecular complexity index is 1600. The number of imidazole rings is 1. The van der Waals surface area contributed by atoms with Crippen LogP contribution >= 0.6 is 0 Å². The van der Waals surface area contributed by atoms with Gasteiger partial charge in [0.1, 0.15) is 5.69 Å². The highest BCUT2D eigenvalue weighted by Gasteiger charge is 2.13. The third-order valence-corrected chi connectivity index (χ3v) is 5.38. The van der Waals surface area contributed by atoms with Gasteiger partial charge in [0.2, 0.25) is 0 Å². The molecule has 0 bridgehead atoms. The van der Waals surface area contributed by atoms with Crippen molar-refractivity contribution in [3.05, 3.63) is 91.1 Å². The van der Waals surface area contributed by atoms with Crippen LogP contribution in [0, 0.1) is 0 Å². The fourth-order valence-electron chi connectivity index (χ4n) is 3.81. The second kappa shape index (κ2) is 7.65. The third kappa shape index (κ3) is 3.47. The molecular weight excluding hydrogens is 416 g/mol. The number of nitrogens with one attached hydrogen (secondary N) is 4. The highest BCUT2D eigenvalue weighted by Crippen LogP contribution is 2.29. The van der Waals surface area contributed by atoms with Crippen LogP contribution in [0.4, 0.5) is 17.2 Å². The number of nitrogens with zero attached hydrogens (tertiary/aromatic N) is 4. The standard InChI is InChI=1S/C24H18N8O/c33-24(21-13-25-14-26-21)29-16-4-3-5-18(11-16)32-22-7-2-1-6-19(22)23(31-32)28-17-8-9-20-15(10-17)12-27-30-20/h1-14H,(H,25,26)(H,27,30)(H,28,31)(H,29,33). The highest BCUT2D eigenvalue weighted by atomic mass is 16.1. The van der Waals surface area contributed by atoms with Gasteiger partial charge < -0.3 is 15.6 Å². The maximum absolute atomic E-state index is 12.4. The van der Waals surface area contributed by atoms with Crippen LogP contribution in [0.3, 0.4) is 0 Å². The minimum atomic E-state index is -0.257. The predicted molar refractivity (Wildman–Crippen MR) is 127 cm³/mol. The van der Waals surface area contributed by atoms with Gasteiger partial charge in [-0.3, -0.25) is 9.89 Å². The van der Waals surface area contributed by atoms with Crippen molar-refractivity contribution in [2.75, 3.05) is 10.6 Å². The van der Waals surface area contributed by atoms with Crippen molar-refractivity contribution < 1.29 is 4.79 Å². The summed E-state index contributed by atoms with van der Waals surface area (Å²) in [6, 6.07) is 21.6. The van der Waals surface area contributed by atoms with E-state index in [-0.39, 0.29) is 5.91 Å². The molecule has 3 heterocycles. The molecule has 0 atom stereocenters. The molecule has 33 heavy (non-hydrogen) atoms. The summed E-state index contributed by atoms with van der Waals surface area (Å²) in [5.74, 6) is 0.479. The Morgan fingerprint density at radius 1 is 0.939 bits per heavy atom. The van der Waals surface area contributed by atoms with E-state index in [9.17, 15) is 4.79 Å². The quantitative estimate of drug-likeness (QED) is 0.316. The lowest BCUT2D eigenvalue weighted by Crippen LogP contribution is -2.12. The Morgan fingerprint density at radius 3 is 2.79 bits per heavy atom. The van der Waals surface area contributed by atoms with E-state index in [1.54, 1.807) is 6.20 Å². The van der Waals surface area contributed by atoms with Crippen LogP contribution in [-0.2, 0) is 0 Å². The number of benzene rings is 3. The number of carbonyl (C=O) groups is 1. The van der Waals surface area contributed by atoms with Gasteiger partial charge in [-0.05, 0) is 48.5 Å². The molecular formula is C24H18N8O. The molecule has 3 aromatic carbocycles. The van der Waals surface area contributed by atoms with E-state index in [0.29, 0.717) is 11.4 Å². The monoisotopic (exact) mass is 434 g/mol. The largest absolute Gasteiger partial charge is 0.341 e. The van der Waals surface area contributed by atoms with E-state index in [2.05, 4.69) is 30.8 Å². The van der Waals surface area contributed by atoms with Crippen LogP contribution < -0.4 is 10.6 Å². The number of rotatable bonds is 5. The van der Waals surface area contributed by atoms with E-state index >= 15 is 0 Å². The smallest absolute Gasteiger partial charge is 0.273 e. The van der Waals surface area contributed by atoms with Crippen LogP contribution in [0.5, 0.6) is 0 Å². The first kappa shape index (κ1) is 18.8. The van der Waals surface area contributed by atoms with Gasteiger partial charge in [0.05, 0.1) is 35.4 Å². The van der Waals surface area contributed by atoms with Crippen molar-refractivity contribution in [2.45, 2.75) is 0 Å². The minimum absolute atomic E-state index is 0.257. The normalized spacial score (nSPS) is 11.2. The zero-order chi connectivity index (χ0) is 22.2. The third-order valence-electron chi connectivity index (χ3n) is 5.38. The van der Waals surface area contributed by atoms with Crippen LogP contribution in [0.1, 0.15) is 10.5 Å². The van der Waals surface area contributed by atoms with Crippen LogP contribution in [-0.4, -0.2) is 35.9 Å². The molecule has 6 rings (SSSR count). The lowest BCUT2D eigenvalue weighted by atomic mass is 10.2. The Hall–Kier alpha value is -4.92. The van der Waals surface area contributed by atoms with E-state index in [4.69, 9.17) is 5.10 Å². The molecule has 0 saturated carbocycles. The van der Waals surface area contributed by atoms with Gasteiger partial charge in [-0.1, -0.05) is 18.2 Å². The summed E-state index contributed by atoms with van der Waals surface area (Å²) in [5, 5.41) is 20.2. The average molecular weight is 434 g/mol. The molecule has 0 radical (unpaired) electrons. The Labute approximate surface area is 187 Å². The van der Waals surface area contributed by atoms with Gasteiger partial charge in [0.25, 0.3) is 5.91 Å². The van der Waals surface area contributed by atoms with Gasteiger partial charge >= 0.3 is 0 Å². The fraction of sp³-hybridized carbons (Fsp3) is 0. The summed E-state index contributed by atoms with van der Waals surface area (Å²) in [4.78, 5) is 19.1. The number of carbonyl (C=O) groups excluding carboxylic acids is 1. The number of aromatic amines is 2. The first-order valence-corrected chi connectivity index (χ1v) is 10.3. The predicted octanol–water partition coefficient (Wildman–Crippen LogP) is 4.62. The topological polar surface area (TPSA) is 116 Å². The Kier molecular flexibility index (Phi) is 4.36. The molecule has 9 heteroatoms. The number of hydrogen-bond acceptors (Lipinski definition) is 5. The van der Waals surface area contributed by atoms with Gasteiger partial charge in [-0.25, -0.2) is 9.67 Å². The lowest BCUT2D eigenvalue weighted by Gasteiger charge is -2.08. The minimum Gasteiger partial charge on any atom is -0.341 e. The van der Waals surface area contributed by atoms with Crippen LogP contribution in [0.15, 0.2) is 85.5 Å². The van der Waals surface area contributed by atoms with Crippen molar-refractivity contribution in [1.29, 1.82) is 0 Å². The number of para-hydroxylation sites is 1. The number of fused-ring (bicyclic) bond motifs is 2. The van der Waals surface area contributed by atoms with Crippen molar-refractivity contribution in [3.63, 3.8) is 0 Å². The molecule has 4 N–H and O–H groups in total. The molecule has 0 aliphatic heterocycles. The summed E-state index contributed by atoms with van der Waals surface area (Å²) >= 11 is 0. The molecule has 0 fully saturated rings. The number of H-pyrrole nitrogens is 2. The Balaban J connectivity index is 1.36. The number of aromatic nitrogens is 6.